The predicted molar refractivity (Wildman–Crippen MR) is 105 cm³/mol. The van der Waals surface area contributed by atoms with Crippen molar-refractivity contribution in [2.24, 2.45) is 0 Å². The Morgan fingerprint density at radius 2 is 1.59 bits per heavy atom. The molecule has 0 fully saturated rings. The van der Waals surface area contributed by atoms with Crippen molar-refractivity contribution in [2.45, 2.75) is 45.3 Å². The topological polar surface area (TPSA) is 71.3 Å². The number of ether oxygens (including phenoxy) is 2. The minimum atomic E-state index is -0.621. The zero-order chi connectivity index (χ0) is 20.0. The van der Waals surface area contributed by atoms with E-state index in [-0.39, 0.29) is 0 Å². The molecule has 0 saturated carbocycles. The first-order valence-corrected chi connectivity index (χ1v) is 8.83. The Kier molecular flexibility index (Phi) is 6.46. The summed E-state index contributed by atoms with van der Waals surface area (Å²) in [5.74, 6) is 0.133. The van der Waals surface area contributed by atoms with Crippen molar-refractivity contribution >= 4 is 6.09 Å². The van der Waals surface area contributed by atoms with Crippen molar-refractivity contribution in [3.8, 4) is 11.8 Å². The summed E-state index contributed by atoms with van der Waals surface area (Å²) in [6.45, 7) is 7.40. The van der Waals surface area contributed by atoms with Gasteiger partial charge in [0.25, 0.3) is 0 Å². The fourth-order valence-corrected chi connectivity index (χ4v) is 2.72. The second kappa shape index (κ2) is 8.59. The highest BCUT2D eigenvalue weighted by atomic mass is 16.6. The summed E-state index contributed by atoms with van der Waals surface area (Å²) < 4.78 is 10.6. The number of rotatable bonds is 5. The summed E-state index contributed by atoms with van der Waals surface area (Å²) in [5, 5.41) is 12.7. The van der Waals surface area contributed by atoms with Crippen molar-refractivity contribution in [3.05, 3.63) is 65.2 Å². The SMILES string of the molecule is COc1ccc([C@H](C#N)[C@@H](NC(=O)OC(C)(C)C)c2ccc(C)cc2)cc1. The number of amides is 1. The van der Waals surface area contributed by atoms with E-state index in [0.717, 1.165) is 16.7 Å². The molecule has 2 aromatic carbocycles. The molecule has 1 N–H and O–H groups in total. The lowest BCUT2D eigenvalue weighted by molar-refractivity contribution is 0.0500. The van der Waals surface area contributed by atoms with Gasteiger partial charge in [-0.05, 0) is 51.0 Å². The van der Waals surface area contributed by atoms with Gasteiger partial charge in [-0.15, -0.1) is 0 Å². The second-order valence-corrected chi connectivity index (χ2v) is 7.41. The molecular formula is C22H26N2O3. The molecule has 5 heteroatoms. The van der Waals surface area contributed by atoms with Gasteiger partial charge in [0, 0.05) is 0 Å². The number of aryl methyl sites for hydroxylation is 1. The smallest absolute Gasteiger partial charge is 0.408 e. The van der Waals surface area contributed by atoms with Crippen LogP contribution in [-0.4, -0.2) is 18.8 Å². The molecule has 0 saturated heterocycles. The Morgan fingerprint density at radius 1 is 1.04 bits per heavy atom. The molecule has 0 aliphatic heterocycles. The van der Waals surface area contributed by atoms with Gasteiger partial charge in [0.1, 0.15) is 11.4 Å². The first kappa shape index (κ1) is 20.3. The van der Waals surface area contributed by atoms with Crippen LogP contribution in [0.3, 0.4) is 0 Å². The van der Waals surface area contributed by atoms with Crippen LogP contribution in [0.2, 0.25) is 0 Å². The third-order valence-corrected chi connectivity index (χ3v) is 4.06. The number of hydrogen-bond acceptors (Lipinski definition) is 4. The van der Waals surface area contributed by atoms with Gasteiger partial charge >= 0.3 is 6.09 Å². The summed E-state index contributed by atoms with van der Waals surface area (Å²) in [6.07, 6.45) is -0.554. The van der Waals surface area contributed by atoms with E-state index in [1.807, 2.05) is 43.3 Å². The number of nitrogens with zero attached hydrogens (tertiary/aromatic N) is 1. The number of alkyl carbamates (subject to hydrolysis) is 1. The molecule has 1 amide bonds. The molecule has 0 radical (unpaired) electrons. The van der Waals surface area contributed by atoms with Crippen molar-refractivity contribution in [3.63, 3.8) is 0 Å². The minimum absolute atomic E-state index is 0.543. The van der Waals surface area contributed by atoms with E-state index in [0.29, 0.717) is 5.75 Å². The molecule has 2 atom stereocenters. The Morgan fingerprint density at radius 3 is 2.07 bits per heavy atom. The second-order valence-electron chi connectivity index (χ2n) is 7.41. The highest BCUT2D eigenvalue weighted by Crippen LogP contribution is 2.32. The molecule has 142 valence electrons. The zero-order valence-corrected chi connectivity index (χ0v) is 16.4. The van der Waals surface area contributed by atoms with Crippen LogP contribution in [0.1, 0.15) is 49.4 Å². The van der Waals surface area contributed by atoms with E-state index in [1.54, 1.807) is 40.0 Å². The van der Waals surface area contributed by atoms with Gasteiger partial charge in [-0.1, -0.05) is 42.0 Å². The van der Waals surface area contributed by atoms with Crippen LogP contribution in [0.4, 0.5) is 4.79 Å². The molecule has 0 aliphatic rings. The normalized spacial score (nSPS) is 13.2. The van der Waals surface area contributed by atoms with Crippen LogP contribution < -0.4 is 10.1 Å². The van der Waals surface area contributed by atoms with E-state index in [1.165, 1.54) is 0 Å². The van der Waals surface area contributed by atoms with Crippen molar-refractivity contribution < 1.29 is 14.3 Å². The molecule has 0 spiro atoms. The largest absolute Gasteiger partial charge is 0.497 e. The van der Waals surface area contributed by atoms with E-state index in [9.17, 15) is 10.1 Å². The molecule has 0 bridgehead atoms. The summed E-state index contributed by atoms with van der Waals surface area (Å²) in [6, 6.07) is 16.8. The number of nitrogens with one attached hydrogen (secondary N) is 1. The number of hydrogen-bond donors (Lipinski definition) is 1. The molecule has 0 aromatic heterocycles. The lowest BCUT2D eigenvalue weighted by Gasteiger charge is -2.27. The highest BCUT2D eigenvalue weighted by Gasteiger charge is 2.28. The van der Waals surface area contributed by atoms with Crippen molar-refractivity contribution in [2.75, 3.05) is 7.11 Å². The summed E-state index contributed by atoms with van der Waals surface area (Å²) in [4.78, 5) is 12.4. The highest BCUT2D eigenvalue weighted by molar-refractivity contribution is 5.69. The van der Waals surface area contributed by atoms with E-state index in [4.69, 9.17) is 9.47 Å². The van der Waals surface area contributed by atoms with Gasteiger partial charge in [-0.3, -0.25) is 0 Å². The number of methoxy groups -OCH3 is 1. The molecule has 2 rings (SSSR count). The number of benzene rings is 2. The molecule has 0 unspecified atom stereocenters. The van der Waals surface area contributed by atoms with E-state index >= 15 is 0 Å². The zero-order valence-electron chi connectivity index (χ0n) is 16.4. The maximum Gasteiger partial charge on any atom is 0.408 e. The average molecular weight is 366 g/mol. The maximum absolute atomic E-state index is 12.4. The van der Waals surface area contributed by atoms with Gasteiger partial charge < -0.3 is 14.8 Å². The Balaban J connectivity index is 2.37. The molecule has 5 nitrogen and oxygen atoms in total. The van der Waals surface area contributed by atoms with Crippen LogP contribution in [0.5, 0.6) is 5.75 Å². The van der Waals surface area contributed by atoms with Crippen LogP contribution in [0, 0.1) is 18.3 Å². The third-order valence-electron chi connectivity index (χ3n) is 4.06. The molecule has 2 aromatic rings. The quantitative estimate of drug-likeness (QED) is 0.819. The Hall–Kier alpha value is -3.00. The van der Waals surface area contributed by atoms with Gasteiger partial charge in [-0.2, -0.15) is 5.26 Å². The van der Waals surface area contributed by atoms with Gasteiger partial charge in [0.05, 0.1) is 25.1 Å². The fraction of sp³-hybridized carbons (Fsp3) is 0.364. The monoisotopic (exact) mass is 366 g/mol. The number of carbonyl (C=O) groups excluding carboxylic acids is 1. The molecular weight excluding hydrogens is 340 g/mol. The Labute approximate surface area is 160 Å². The number of carbonyl (C=O) groups is 1. The van der Waals surface area contributed by atoms with Crippen molar-refractivity contribution in [1.82, 2.24) is 5.32 Å². The van der Waals surface area contributed by atoms with E-state index < -0.39 is 23.7 Å². The summed E-state index contributed by atoms with van der Waals surface area (Å²) in [5.41, 5.74) is 2.12. The lowest BCUT2D eigenvalue weighted by atomic mass is 9.88. The maximum atomic E-state index is 12.4. The lowest BCUT2D eigenvalue weighted by Crippen LogP contribution is -2.37. The van der Waals surface area contributed by atoms with Crippen molar-refractivity contribution in [1.29, 1.82) is 5.26 Å². The molecule has 0 aliphatic carbocycles. The fourth-order valence-electron chi connectivity index (χ4n) is 2.72. The van der Waals surface area contributed by atoms with Gasteiger partial charge in [0.15, 0.2) is 0 Å². The third kappa shape index (κ3) is 5.75. The minimum Gasteiger partial charge on any atom is -0.497 e. The van der Waals surface area contributed by atoms with Crippen LogP contribution >= 0.6 is 0 Å². The summed E-state index contributed by atoms with van der Waals surface area (Å²) >= 11 is 0. The predicted octanol–water partition coefficient (Wildman–Crippen LogP) is 4.88. The molecule has 0 heterocycles. The van der Waals surface area contributed by atoms with Crippen LogP contribution in [0.25, 0.3) is 0 Å². The average Bonchev–Trinajstić information content (AvgIpc) is 2.61. The van der Waals surface area contributed by atoms with E-state index in [2.05, 4.69) is 11.4 Å². The Bertz CT molecular complexity index is 799. The van der Waals surface area contributed by atoms with Crippen LogP contribution in [-0.2, 0) is 4.74 Å². The standard InChI is InChI=1S/C22H26N2O3/c1-15-6-8-17(9-7-15)20(24-21(25)27-22(2,3)4)19(14-23)16-10-12-18(26-5)13-11-16/h6-13,19-20H,1-5H3,(H,24,25)/t19-,20-/m0/s1. The summed E-state index contributed by atoms with van der Waals surface area (Å²) in [7, 11) is 1.59. The van der Waals surface area contributed by atoms with Gasteiger partial charge in [-0.25, -0.2) is 4.79 Å². The molecule has 27 heavy (non-hydrogen) atoms. The first-order valence-electron chi connectivity index (χ1n) is 8.83. The van der Waals surface area contributed by atoms with Gasteiger partial charge in [0.2, 0.25) is 0 Å². The first-order chi connectivity index (χ1) is 12.7. The van der Waals surface area contributed by atoms with Crippen LogP contribution in [0.15, 0.2) is 48.5 Å². The number of nitriles is 1.